The molecule has 150 valence electrons. The highest BCUT2D eigenvalue weighted by molar-refractivity contribution is 6.00. The fourth-order valence-electron chi connectivity index (χ4n) is 3.46. The van der Waals surface area contributed by atoms with E-state index in [-0.39, 0.29) is 11.9 Å². The lowest BCUT2D eigenvalue weighted by atomic mass is 10.1. The van der Waals surface area contributed by atoms with Crippen LogP contribution in [0.4, 0.5) is 0 Å². The molecular formula is C18H23N5O5. The number of nitrogens with two attached hydrogens (primary N) is 1. The average Bonchev–Trinajstić information content (AvgIpc) is 3.24. The second-order valence-electron chi connectivity index (χ2n) is 6.83. The van der Waals surface area contributed by atoms with Crippen molar-refractivity contribution in [2.75, 3.05) is 13.2 Å². The summed E-state index contributed by atoms with van der Waals surface area (Å²) in [5, 5.41) is 29.6. The monoisotopic (exact) mass is 389 g/mol. The van der Waals surface area contributed by atoms with E-state index in [0.29, 0.717) is 13.0 Å². The largest absolute Gasteiger partial charge is 0.463 e. The van der Waals surface area contributed by atoms with E-state index in [2.05, 4.69) is 15.0 Å². The third-order valence-electron chi connectivity index (χ3n) is 4.99. The fourth-order valence-corrected chi connectivity index (χ4v) is 3.46. The first-order valence-electron chi connectivity index (χ1n) is 9.10. The van der Waals surface area contributed by atoms with E-state index >= 15 is 0 Å². The number of aliphatic hydroxyl groups is 3. The molecule has 3 aliphatic heterocycles. The van der Waals surface area contributed by atoms with Crippen molar-refractivity contribution in [2.24, 2.45) is 20.7 Å². The molecular weight excluding hydrogens is 366 g/mol. The van der Waals surface area contributed by atoms with Gasteiger partial charge in [0.1, 0.15) is 30.2 Å². The maximum absolute atomic E-state index is 10.3. The number of amidine groups is 2. The molecule has 1 saturated heterocycles. The number of hydrogen-bond acceptors (Lipinski definition) is 10. The highest BCUT2D eigenvalue weighted by Crippen LogP contribution is 2.30. The normalized spacial score (nSPS) is 34.2. The molecule has 4 unspecified atom stereocenters. The van der Waals surface area contributed by atoms with Gasteiger partial charge in [0.05, 0.1) is 19.6 Å². The molecule has 3 heterocycles. The molecule has 0 amide bonds. The summed E-state index contributed by atoms with van der Waals surface area (Å²) in [4.78, 5) is 14.5. The SMILES string of the molecule is NC1=NC(OCCc2ccccc2)=NC2C1N=CN2C1OC(CO)[C@@H](O)[C@H]1O. The molecule has 4 rings (SSSR count). The summed E-state index contributed by atoms with van der Waals surface area (Å²) in [5.41, 5.74) is 7.16. The Morgan fingerprint density at radius 2 is 1.96 bits per heavy atom. The van der Waals surface area contributed by atoms with Crippen LogP contribution in [-0.4, -0.2) is 88.4 Å². The Bertz CT molecular complexity index is 786. The van der Waals surface area contributed by atoms with Crippen molar-refractivity contribution in [1.82, 2.24) is 4.90 Å². The minimum Gasteiger partial charge on any atom is -0.463 e. The molecule has 1 aromatic rings. The number of hydrogen-bond donors (Lipinski definition) is 4. The van der Waals surface area contributed by atoms with Crippen molar-refractivity contribution in [1.29, 1.82) is 0 Å². The number of fused-ring (bicyclic) bond motifs is 1. The lowest BCUT2D eigenvalue weighted by Gasteiger charge is -2.32. The standard InChI is InChI=1S/C18H23N5O5/c19-15-12-16(22-18(21-15)27-7-6-10-4-2-1-3-5-10)23(9-20-12)17-14(26)13(25)11(8-24)28-17/h1-5,9,11-14,16-17,24-26H,6-8H2,(H2,19,21,22)/t11?,12?,13-,14-,16?,17?/m1/s1. The Balaban J connectivity index is 1.44. The summed E-state index contributed by atoms with van der Waals surface area (Å²) in [6.07, 6.45) is -2.66. The van der Waals surface area contributed by atoms with Crippen molar-refractivity contribution >= 4 is 18.2 Å². The molecule has 0 bridgehead atoms. The van der Waals surface area contributed by atoms with Crippen LogP contribution in [0, 0.1) is 0 Å². The average molecular weight is 389 g/mol. The first-order chi connectivity index (χ1) is 13.6. The smallest absolute Gasteiger partial charge is 0.315 e. The first kappa shape index (κ1) is 18.8. The van der Waals surface area contributed by atoms with Crippen molar-refractivity contribution in [3.63, 3.8) is 0 Å². The van der Waals surface area contributed by atoms with Crippen LogP contribution in [-0.2, 0) is 15.9 Å². The van der Waals surface area contributed by atoms with Gasteiger partial charge in [-0.2, -0.15) is 4.99 Å². The van der Waals surface area contributed by atoms with Gasteiger partial charge in [-0.25, -0.2) is 4.99 Å². The molecule has 1 aromatic carbocycles. The summed E-state index contributed by atoms with van der Waals surface area (Å²) in [6, 6.07) is 9.50. The van der Waals surface area contributed by atoms with Gasteiger partial charge in [0, 0.05) is 6.42 Å². The highest BCUT2D eigenvalue weighted by Gasteiger charge is 2.50. The highest BCUT2D eigenvalue weighted by atomic mass is 16.6. The third kappa shape index (κ3) is 3.47. The van der Waals surface area contributed by atoms with E-state index < -0.39 is 43.4 Å². The molecule has 0 aromatic heterocycles. The molecule has 0 aliphatic carbocycles. The van der Waals surface area contributed by atoms with Crippen molar-refractivity contribution in [2.45, 2.75) is 43.2 Å². The molecule has 6 atom stereocenters. The lowest BCUT2D eigenvalue weighted by molar-refractivity contribution is -0.0780. The van der Waals surface area contributed by atoms with Gasteiger partial charge in [0.15, 0.2) is 12.4 Å². The van der Waals surface area contributed by atoms with Crippen LogP contribution < -0.4 is 5.73 Å². The van der Waals surface area contributed by atoms with Crippen molar-refractivity contribution in [3.05, 3.63) is 35.9 Å². The quantitative estimate of drug-likeness (QED) is 0.477. The van der Waals surface area contributed by atoms with Gasteiger partial charge in [-0.1, -0.05) is 30.3 Å². The predicted octanol–water partition coefficient (Wildman–Crippen LogP) is -1.55. The summed E-state index contributed by atoms with van der Waals surface area (Å²) in [6.45, 7) is -0.0275. The number of aliphatic imine (C=N–C) groups is 3. The molecule has 10 nitrogen and oxygen atoms in total. The zero-order valence-corrected chi connectivity index (χ0v) is 15.1. The fraction of sp³-hybridized carbons (Fsp3) is 0.500. The number of rotatable bonds is 5. The molecule has 3 aliphatic rings. The van der Waals surface area contributed by atoms with E-state index in [1.807, 2.05) is 30.3 Å². The van der Waals surface area contributed by atoms with Crippen LogP contribution in [0.5, 0.6) is 0 Å². The Morgan fingerprint density at radius 1 is 1.18 bits per heavy atom. The molecule has 0 saturated carbocycles. The second-order valence-corrected chi connectivity index (χ2v) is 6.83. The summed E-state index contributed by atoms with van der Waals surface area (Å²) >= 11 is 0. The molecule has 0 radical (unpaired) electrons. The Morgan fingerprint density at radius 3 is 2.68 bits per heavy atom. The van der Waals surface area contributed by atoms with Gasteiger partial charge in [0.25, 0.3) is 0 Å². The molecule has 1 fully saturated rings. The van der Waals surface area contributed by atoms with Crippen LogP contribution in [0.3, 0.4) is 0 Å². The molecule has 5 N–H and O–H groups in total. The van der Waals surface area contributed by atoms with Gasteiger partial charge < -0.3 is 35.4 Å². The number of ether oxygens (including phenoxy) is 2. The van der Waals surface area contributed by atoms with E-state index in [0.717, 1.165) is 5.56 Å². The molecule has 10 heteroatoms. The summed E-state index contributed by atoms with van der Waals surface area (Å²) < 4.78 is 11.2. The van der Waals surface area contributed by atoms with Crippen LogP contribution in [0.1, 0.15) is 5.56 Å². The summed E-state index contributed by atoms with van der Waals surface area (Å²) in [5.74, 6) is 0.250. The van der Waals surface area contributed by atoms with Gasteiger partial charge >= 0.3 is 6.02 Å². The Hall–Kier alpha value is -2.53. The number of nitrogens with zero attached hydrogens (tertiary/aromatic N) is 4. The van der Waals surface area contributed by atoms with Crippen molar-refractivity contribution in [3.8, 4) is 0 Å². The van der Waals surface area contributed by atoms with Gasteiger partial charge in [-0.05, 0) is 5.56 Å². The Kier molecular flexibility index (Phi) is 5.27. The first-order valence-corrected chi connectivity index (χ1v) is 9.10. The minimum absolute atomic E-state index is 0.136. The van der Waals surface area contributed by atoms with E-state index in [4.69, 9.17) is 15.2 Å². The van der Waals surface area contributed by atoms with E-state index in [1.165, 1.54) is 6.34 Å². The maximum Gasteiger partial charge on any atom is 0.315 e. The zero-order chi connectivity index (χ0) is 19.7. The Labute approximate surface area is 161 Å². The number of aliphatic hydroxyl groups excluding tert-OH is 3. The van der Waals surface area contributed by atoms with Gasteiger partial charge in [-0.3, -0.25) is 4.99 Å². The van der Waals surface area contributed by atoms with Gasteiger partial charge in [0.2, 0.25) is 0 Å². The zero-order valence-electron chi connectivity index (χ0n) is 15.1. The lowest BCUT2D eigenvalue weighted by Crippen LogP contribution is -2.52. The maximum atomic E-state index is 10.3. The predicted molar refractivity (Wildman–Crippen MR) is 101 cm³/mol. The molecule has 0 spiro atoms. The third-order valence-corrected chi connectivity index (χ3v) is 4.99. The van der Waals surface area contributed by atoms with Crippen molar-refractivity contribution < 1.29 is 24.8 Å². The minimum atomic E-state index is -1.22. The molecule has 28 heavy (non-hydrogen) atoms. The van der Waals surface area contributed by atoms with E-state index in [1.54, 1.807) is 4.90 Å². The van der Waals surface area contributed by atoms with Crippen LogP contribution >= 0.6 is 0 Å². The van der Waals surface area contributed by atoms with Crippen LogP contribution in [0.2, 0.25) is 0 Å². The van der Waals surface area contributed by atoms with E-state index in [9.17, 15) is 15.3 Å². The van der Waals surface area contributed by atoms with Crippen LogP contribution in [0.15, 0.2) is 45.3 Å². The topological polar surface area (TPSA) is 145 Å². The summed E-state index contributed by atoms with van der Waals surface area (Å²) in [7, 11) is 0. The second kappa shape index (κ2) is 7.84. The van der Waals surface area contributed by atoms with Gasteiger partial charge in [-0.15, -0.1) is 0 Å². The van der Waals surface area contributed by atoms with Crippen LogP contribution in [0.25, 0.3) is 0 Å². The number of benzene rings is 1.